The summed E-state index contributed by atoms with van der Waals surface area (Å²) < 4.78 is 19.3. The molecule has 0 unspecified atom stereocenters. The second-order valence-electron chi connectivity index (χ2n) is 9.57. The van der Waals surface area contributed by atoms with Gasteiger partial charge in [-0.3, -0.25) is 18.3 Å². The summed E-state index contributed by atoms with van der Waals surface area (Å²) >= 11 is 13.7. The van der Waals surface area contributed by atoms with Gasteiger partial charge < -0.3 is 9.47 Å². The standard InChI is InChI=1S/C28H24Cl2N6O4/c1-5-33-15-9-13-19(11-17(15)35(7-3)27(33)37)39-25-22(30)24-26(21(29)23(25)31-13)40-20-12-18-16(10-14(20)32-24)34(6-2)28(38)36(18)8-4/h9-12H,5-8H2,1-4H3. The Morgan fingerprint density at radius 1 is 0.600 bits per heavy atom. The second-order valence-corrected chi connectivity index (χ2v) is 10.3. The van der Waals surface area contributed by atoms with Crippen molar-refractivity contribution in [2.24, 2.45) is 9.98 Å². The fourth-order valence-corrected chi connectivity index (χ4v) is 6.20. The molecule has 0 spiro atoms. The number of aryl methyl sites for hydroxylation is 4. The molecule has 0 aliphatic carbocycles. The van der Waals surface area contributed by atoms with Crippen molar-refractivity contribution in [1.82, 2.24) is 18.3 Å². The third-order valence-corrected chi connectivity index (χ3v) is 8.30. The number of imidazole rings is 2. The molecule has 0 radical (unpaired) electrons. The summed E-state index contributed by atoms with van der Waals surface area (Å²) in [6.07, 6.45) is 0. The maximum Gasteiger partial charge on any atom is 0.329 e. The van der Waals surface area contributed by atoms with Crippen LogP contribution in [0.2, 0.25) is 10.0 Å². The number of fused-ring (bicyclic) bond motifs is 6. The quantitative estimate of drug-likeness (QED) is 0.278. The molecule has 12 heteroatoms. The van der Waals surface area contributed by atoms with Gasteiger partial charge in [-0.15, -0.1) is 0 Å². The van der Waals surface area contributed by atoms with E-state index in [9.17, 15) is 9.59 Å². The van der Waals surface area contributed by atoms with Gasteiger partial charge >= 0.3 is 11.4 Å². The highest BCUT2D eigenvalue weighted by Gasteiger charge is 2.29. The molecule has 4 heterocycles. The molecule has 204 valence electrons. The molecule has 0 saturated carbocycles. The first-order valence-corrected chi connectivity index (χ1v) is 13.9. The van der Waals surface area contributed by atoms with Gasteiger partial charge in [0.25, 0.3) is 0 Å². The van der Waals surface area contributed by atoms with Gasteiger partial charge in [-0.1, -0.05) is 23.2 Å². The van der Waals surface area contributed by atoms with E-state index in [1.54, 1.807) is 30.4 Å². The number of nitrogens with zero attached hydrogens (tertiary/aromatic N) is 6. The van der Waals surface area contributed by atoms with E-state index < -0.39 is 0 Å². The Hall–Kier alpha value is -4.02. The number of halogens is 2. The molecule has 5 aromatic rings. The molecule has 0 N–H and O–H groups in total. The van der Waals surface area contributed by atoms with Gasteiger partial charge in [-0.05, 0) is 39.8 Å². The van der Waals surface area contributed by atoms with Crippen molar-refractivity contribution in [1.29, 1.82) is 0 Å². The Morgan fingerprint density at radius 2 is 0.925 bits per heavy atom. The minimum absolute atomic E-state index is 0.0896. The lowest BCUT2D eigenvalue weighted by Gasteiger charge is -2.21. The van der Waals surface area contributed by atoms with Crippen molar-refractivity contribution in [3.63, 3.8) is 0 Å². The molecular weight excluding hydrogens is 555 g/mol. The topological polar surface area (TPSA) is 97.0 Å². The van der Waals surface area contributed by atoms with Crippen molar-refractivity contribution in [2.75, 3.05) is 0 Å². The Kier molecular flexibility index (Phi) is 5.46. The molecule has 0 atom stereocenters. The lowest BCUT2D eigenvalue weighted by atomic mass is 10.2. The van der Waals surface area contributed by atoms with Crippen molar-refractivity contribution in [3.8, 4) is 23.0 Å². The highest BCUT2D eigenvalue weighted by Crippen LogP contribution is 2.44. The number of hydrogen-bond donors (Lipinski definition) is 0. The van der Waals surface area contributed by atoms with Gasteiger partial charge in [-0.25, -0.2) is 19.6 Å². The van der Waals surface area contributed by atoms with Gasteiger partial charge in [0, 0.05) is 38.3 Å². The third kappa shape index (κ3) is 3.17. The van der Waals surface area contributed by atoms with E-state index in [-0.39, 0.29) is 32.9 Å². The first-order valence-electron chi connectivity index (χ1n) is 13.2. The van der Waals surface area contributed by atoms with Crippen molar-refractivity contribution in [3.05, 3.63) is 66.0 Å². The second kappa shape index (κ2) is 8.74. The number of rotatable bonds is 4. The Bertz CT molecular complexity index is 2030. The summed E-state index contributed by atoms with van der Waals surface area (Å²) in [6, 6.07) is 7.27. The van der Waals surface area contributed by atoms with E-state index in [0.717, 1.165) is 22.1 Å². The summed E-state index contributed by atoms with van der Waals surface area (Å²) in [5, 5.41) is 1.04. The van der Waals surface area contributed by atoms with Gasteiger partial charge in [0.05, 0.1) is 22.1 Å². The average Bonchev–Trinajstić information content (AvgIpc) is 3.38. The van der Waals surface area contributed by atoms with Crippen LogP contribution in [0.25, 0.3) is 22.1 Å². The van der Waals surface area contributed by atoms with Crippen LogP contribution in [-0.2, 0) is 26.2 Å². The van der Waals surface area contributed by atoms with Crippen LogP contribution in [0.15, 0.2) is 43.8 Å². The van der Waals surface area contributed by atoms with Crippen LogP contribution in [0.1, 0.15) is 27.7 Å². The van der Waals surface area contributed by atoms with E-state index in [1.807, 2.05) is 39.8 Å². The first-order chi connectivity index (χ1) is 19.3. The minimum Gasteiger partial charge on any atom is -0.451 e. The molecule has 0 fully saturated rings. The van der Waals surface area contributed by atoms with Gasteiger partial charge in [-0.2, -0.15) is 0 Å². The average molecular weight is 579 g/mol. The molecule has 3 aromatic carbocycles. The van der Waals surface area contributed by atoms with Crippen LogP contribution in [0.4, 0.5) is 11.4 Å². The summed E-state index contributed by atoms with van der Waals surface area (Å²) in [5.74, 6) is 1.44. The smallest absolute Gasteiger partial charge is 0.329 e. The van der Waals surface area contributed by atoms with Crippen LogP contribution in [-0.4, -0.2) is 18.3 Å². The summed E-state index contributed by atoms with van der Waals surface area (Å²) in [5.41, 5.74) is 3.88. The third-order valence-electron chi connectivity index (χ3n) is 7.60. The van der Waals surface area contributed by atoms with Crippen molar-refractivity contribution in [2.45, 2.75) is 53.9 Å². The van der Waals surface area contributed by atoms with Crippen LogP contribution in [0, 0.1) is 0 Å². The summed E-state index contributed by atoms with van der Waals surface area (Å²) in [6.45, 7) is 9.78. The maximum absolute atomic E-state index is 12.9. The number of benzene rings is 3. The zero-order valence-corrected chi connectivity index (χ0v) is 23.7. The molecule has 2 aliphatic rings. The van der Waals surface area contributed by atoms with Gasteiger partial charge in [0.1, 0.15) is 32.1 Å². The predicted molar refractivity (Wildman–Crippen MR) is 153 cm³/mol. The molecular formula is C28H24Cl2N6O4. The van der Waals surface area contributed by atoms with Crippen molar-refractivity contribution < 1.29 is 9.47 Å². The zero-order chi connectivity index (χ0) is 28.0. The number of ether oxygens (including phenoxy) is 2. The number of hydrogen-bond acceptors (Lipinski definition) is 6. The molecule has 40 heavy (non-hydrogen) atoms. The van der Waals surface area contributed by atoms with E-state index in [1.165, 1.54) is 0 Å². The summed E-state index contributed by atoms with van der Waals surface area (Å²) in [4.78, 5) is 35.4. The minimum atomic E-state index is -0.0896. The van der Waals surface area contributed by atoms with Gasteiger partial charge in [0.2, 0.25) is 0 Å². The Labute approximate surface area is 236 Å². The molecule has 2 aromatic heterocycles. The maximum atomic E-state index is 12.9. The zero-order valence-electron chi connectivity index (χ0n) is 22.2. The van der Waals surface area contributed by atoms with Crippen molar-refractivity contribution >= 4 is 56.6 Å². The summed E-state index contributed by atoms with van der Waals surface area (Å²) in [7, 11) is 0. The van der Waals surface area contributed by atoms with Crippen LogP contribution < -0.4 is 31.6 Å². The highest BCUT2D eigenvalue weighted by molar-refractivity contribution is 6.35. The highest BCUT2D eigenvalue weighted by atomic mass is 35.5. The molecule has 10 nitrogen and oxygen atoms in total. The van der Waals surface area contributed by atoms with E-state index >= 15 is 0 Å². The van der Waals surface area contributed by atoms with Crippen LogP contribution in [0.3, 0.4) is 0 Å². The Balaban J connectivity index is 1.47. The van der Waals surface area contributed by atoms with Crippen LogP contribution >= 0.6 is 23.2 Å². The SMILES string of the molecule is CCn1c(=O)n(CC)c2cc3c(cc21)N=c1c(Cl)c2c(c(Cl)c1O3)=Nc1cc3c(cc1O2)n(CC)c(=O)n3CC. The molecule has 0 amide bonds. The van der Waals surface area contributed by atoms with E-state index in [2.05, 4.69) is 0 Å². The monoisotopic (exact) mass is 578 g/mol. The van der Waals surface area contributed by atoms with E-state index in [0.29, 0.717) is 59.8 Å². The normalized spacial score (nSPS) is 13.2. The fourth-order valence-electron chi connectivity index (χ4n) is 5.69. The molecule has 2 aliphatic heterocycles. The molecule has 0 saturated heterocycles. The van der Waals surface area contributed by atoms with Crippen LogP contribution in [0.5, 0.6) is 23.0 Å². The fraction of sp³-hybridized carbons (Fsp3) is 0.286. The molecule has 7 rings (SSSR count). The lowest BCUT2D eigenvalue weighted by molar-refractivity contribution is 0.451. The first kappa shape index (κ1) is 25.0. The number of aromatic nitrogens is 4. The molecule has 0 bridgehead atoms. The Morgan fingerprint density at radius 3 is 1.25 bits per heavy atom. The van der Waals surface area contributed by atoms with Gasteiger partial charge in [0.15, 0.2) is 23.0 Å². The largest absolute Gasteiger partial charge is 0.451 e. The van der Waals surface area contributed by atoms with E-state index in [4.69, 9.17) is 42.7 Å². The lowest BCUT2D eigenvalue weighted by Crippen LogP contribution is -2.23. The predicted octanol–water partition coefficient (Wildman–Crippen LogP) is 5.42.